The predicted octanol–water partition coefficient (Wildman–Crippen LogP) is 3.69. The van der Waals surface area contributed by atoms with Crippen molar-refractivity contribution in [3.05, 3.63) is 51.7 Å². The maximum absolute atomic E-state index is 5.16. The predicted molar refractivity (Wildman–Crippen MR) is 87.2 cm³/mol. The zero-order valence-corrected chi connectivity index (χ0v) is 12.4. The first kappa shape index (κ1) is 13.7. The fourth-order valence-electron chi connectivity index (χ4n) is 1.47. The third-order valence-electron chi connectivity index (χ3n) is 2.43. The normalized spacial score (nSPS) is 10.6. The Balaban J connectivity index is 1.84. The van der Waals surface area contributed by atoms with Crippen molar-refractivity contribution in [3.63, 3.8) is 0 Å². The van der Waals surface area contributed by atoms with Crippen LogP contribution in [-0.4, -0.2) is 11.3 Å². The highest BCUT2D eigenvalue weighted by Crippen LogP contribution is 2.12. The summed E-state index contributed by atoms with van der Waals surface area (Å²) < 4.78 is 0. The quantitative estimate of drug-likeness (QED) is 0.514. The van der Waals surface area contributed by atoms with Crippen molar-refractivity contribution in [2.75, 3.05) is 5.32 Å². The van der Waals surface area contributed by atoms with Crippen LogP contribution >= 0.6 is 23.6 Å². The van der Waals surface area contributed by atoms with Crippen LogP contribution in [0.5, 0.6) is 0 Å². The van der Waals surface area contributed by atoms with E-state index < -0.39 is 0 Å². The topological polar surface area (TPSA) is 36.4 Å². The average molecular weight is 289 g/mol. The SMILES string of the molecule is Cc1ccc(NC(=S)NN=Cc2ccc(C)s2)cc1. The molecule has 0 aliphatic heterocycles. The number of nitrogens with zero attached hydrogens (tertiary/aromatic N) is 1. The van der Waals surface area contributed by atoms with E-state index in [0.29, 0.717) is 5.11 Å². The lowest BCUT2D eigenvalue weighted by molar-refractivity contribution is 1.05. The summed E-state index contributed by atoms with van der Waals surface area (Å²) in [5, 5.41) is 7.65. The number of hydrogen-bond donors (Lipinski definition) is 2. The van der Waals surface area contributed by atoms with Gasteiger partial charge in [-0.15, -0.1) is 11.3 Å². The number of hydrazone groups is 1. The van der Waals surface area contributed by atoms with Gasteiger partial charge in [0.25, 0.3) is 0 Å². The molecular formula is C14H15N3S2. The van der Waals surface area contributed by atoms with E-state index >= 15 is 0 Å². The second-order valence-corrected chi connectivity index (χ2v) is 5.87. The second-order valence-electron chi connectivity index (χ2n) is 4.14. The molecule has 0 aliphatic carbocycles. The van der Waals surface area contributed by atoms with Crippen molar-refractivity contribution in [3.8, 4) is 0 Å². The molecule has 19 heavy (non-hydrogen) atoms. The van der Waals surface area contributed by atoms with Crippen LogP contribution < -0.4 is 10.7 Å². The van der Waals surface area contributed by atoms with Crippen molar-refractivity contribution >= 4 is 40.6 Å². The smallest absolute Gasteiger partial charge is 0.191 e. The van der Waals surface area contributed by atoms with Crippen LogP contribution in [0.15, 0.2) is 41.5 Å². The first-order valence-electron chi connectivity index (χ1n) is 5.86. The Hall–Kier alpha value is -1.72. The molecule has 0 saturated carbocycles. The summed E-state index contributed by atoms with van der Waals surface area (Å²) in [7, 11) is 0. The highest BCUT2D eigenvalue weighted by atomic mass is 32.1. The standard InChI is InChI=1S/C14H15N3S2/c1-10-3-6-12(7-4-10)16-14(18)17-15-9-13-8-5-11(2)19-13/h3-9H,1-2H3,(H2,16,17,18). The molecular weight excluding hydrogens is 274 g/mol. The summed E-state index contributed by atoms with van der Waals surface area (Å²) in [5.41, 5.74) is 4.97. The Morgan fingerprint density at radius 3 is 2.53 bits per heavy atom. The zero-order valence-electron chi connectivity index (χ0n) is 10.8. The molecule has 0 saturated heterocycles. The molecule has 0 unspecified atom stereocenters. The Morgan fingerprint density at radius 1 is 1.16 bits per heavy atom. The van der Waals surface area contributed by atoms with Crippen LogP contribution in [0.25, 0.3) is 0 Å². The summed E-state index contributed by atoms with van der Waals surface area (Å²) in [6.45, 7) is 4.12. The van der Waals surface area contributed by atoms with Crippen LogP contribution in [-0.2, 0) is 0 Å². The molecule has 1 aromatic heterocycles. The third kappa shape index (κ3) is 4.46. The third-order valence-corrected chi connectivity index (χ3v) is 3.56. The minimum absolute atomic E-state index is 0.480. The molecule has 2 aromatic rings. The summed E-state index contributed by atoms with van der Waals surface area (Å²) in [6, 6.07) is 12.1. The van der Waals surface area contributed by atoms with Crippen molar-refractivity contribution < 1.29 is 0 Å². The van der Waals surface area contributed by atoms with E-state index in [1.807, 2.05) is 37.3 Å². The fraction of sp³-hybridized carbons (Fsp3) is 0.143. The number of nitrogens with one attached hydrogen (secondary N) is 2. The minimum atomic E-state index is 0.480. The molecule has 0 fully saturated rings. The van der Waals surface area contributed by atoms with Gasteiger partial charge in [-0.05, 0) is 50.3 Å². The van der Waals surface area contributed by atoms with Crippen molar-refractivity contribution in [1.82, 2.24) is 5.43 Å². The maximum Gasteiger partial charge on any atom is 0.191 e. The van der Waals surface area contributed by atoms with Crippen molar-refractivity contribution in [2.45, 2.75) is 13.8 Å². The van der Waals surface area contributed by atoms with Crippen LogP contribution in [0.2, 0.25) is 0 Å². The fourth-order valence-corrected chi connectivity index (χ4v) is 2.39. The van der Waals surface area contributed by atoms with Crippen molar-refractivity contribution in [2.24, 2.45) is 5.10 Å². The molecule has 5 heteroatoms. The van der Waals surface area contributed by atoms with Gasteiger partial charge in [0, 0.05) is 15.4 Å². The number of thiocarbonyl (C=S) groups is 1. The number of thiophene rings is 1. The zero-order chi connectivity index (χ0) is 13.7. The molecule has 3 nitrogen and oxygen atoms in total. The van der Waals surface area contributed by atoms with Gasteiger partial charge in [0.2, 0.25) is 0 Å². The van der Waals surface area contributed by atoms with Gasteiger partial charge in [0.05, 0.1) is 6.21 Å². The van der Waals surface area contributed by atoms with E-state index in [-0.39, 0.29) is 0 Å². The summed E-state index contributed by atoms with van der Waals surface area (Å²) in [5.74, 6) is 0. The van der Waals surface area contributed by atoms with E-state index in [0.717, 1.165) is 10.6 Å². The van der Waals surface area contributed by atoms with Gasteiger partial charge in [-0.1, -0.05) is 17.7 Å². The van der Waals surface area contributed by atoms with Crippen LogP contribution in [0, 0.1) is 13.8 Å². The minimum Gasteiger partial charge on any atom is -0.331 e. The van der Waals surface area contributed by atoms with Gasteiger partial charge in [-0.3, -0.25) is 5.43 Å². The molecule has 2 rings (SSSR count). The summed E-state index contributed by atoms with van der Waals surface area (Å²) in [4.78, 5) is 2.37. The Bertz CT molecular complexity index is 585. The molecule has 0 spiro atoms. The van der Waals surface area contributed by atoms with Crippen LogP contribution in [0.1, 0.15) is 15.3 Å². The van der Waals surface area contributed by atoms with Gasteiger partial charge in [0.15, 0.2) is 5.11 Å². The van der Waals surface area contributed by atoms with Gasteiger partial charge in [-0.25, -0.2) is 0 Å². The summed E-state index contributed by atoms with van der Waals surface area (Å²) in [6.07, 6.45) is 1.76. The maximum atomic E-state index is 5.16. The average Bonchev–Trinajstić information content (AvgIpc) is 2.78. The van der Waals surface area contributed by atoms with E-state index in [4.69, 9.17) is 12.2 Å². The molecule has 0 amide bonds. The van der Waals surface area contributed by atoms with E-state index in [1.165, 1.54) is 10.4 Å². The van der Waals surface area contributed by atoms with E-state index in [2.05, 4.69) is 28.8 Å². The Morgan fingerprint density at radius 2 is 1.89 bits per heavy atom. The molecule has 1 aromatic carbocycles. The van der Waals surface area contributed by atoms with Crippen LogP contribution in [0.3, 0.4) is 0 Å². The number of hydrogen-bond acceptors (Lipinski definition) is 3. The first-order valence-corrected chi connectivity index (χ1v) is 7.09. The van der Waals surface area contributed by atoms with Crippen molar-refractivity contribution in [1.29, 1.82) is 0 Å². The lowest BCUT2D eigenvalue weighted by Gasteiger charge is -2.06. The lowest BCUT2D eigenvalue weighted by Crippen LogP contribution is -2.23. The first-order chi connectivity index (χ1) is 9.13. The molecule has 1 heterocycles. The molecule has 2 N–H and O–H groups in total. The number of benzene rings is 1. The highest BCUT2D eigenvalue weighted by molar-refractivity contribution is 7.80. The van der Waals surface area contributed by atoms with Gasteiger partial charge in [-0.2, -0.15) is 5.10 Å². The number of aryl methyl sites for hydroxylation is 2. The number of rotatable bonds is 3. The molecule has 0 bridgehead atoms. The largest absolute Gasteiger partial charge is 0.331 e. The Kier molecular flexibility index (Phi) is 4.65. The molecule has 98 valence electrons. The molecule has 0 atom stereocenters. The van der Waals surface area contributed by atoms with E-state index in [1.54, 1.807) is 17.6 Å². The number of anilines is 1. The monoisotopic (exact) mass is 289 g/mol. The van der Waals surface area contributed by atoms with Gasteiger partial charge >= 0.3 is 0 Å². The van der Waals surface area contributed by atoms with E-state index in [9.17, 15) is 0 Å². The van der Waals surface area contributed by atoms with Gasteiger partial charge in [0.1, 0.15) is 0 Å². The van der Waals surface area contributed by atoms with Crippen LogP contribution in [0.4, 0.5) is 5.69 Å². The lowest BCUT2D eigenvalue weighted by atomic mass is 10.2. The summed E-state index contributed by atoms with van der Waals surface area (Å²) >= 11 is 6.85. The van der Waals surface area contributed by atoms with Gasteiger partial charge < -0.3 is 5.32 Å². The second kappa shape index (κ2) is 6.45. The molecule has 0 aliphatic rings. The highest BCUT2D eigenvalue weighted by Gasteiger charge is 1.96. The molecule has 0 radical (unpaired) electrons. The Labute approximate surface area is 122 Å².